The number of aliphatic hydroxyl groups is 1. The molecule has 0 aromatic heterocycles. The number of hydrogen-bond acceptors (Lipinski definition) is 7. The quantitative estimate of drug-likeness (QED) is 0.427. The maximum absolute atomic E-state index is 14.8. The Balaban J connectivity index is 1.38. The largest absolute Gasteiger partial charge is 0.394 e. The molecule has 10 nitrogen and oxygen atoms in total. The number of ether oxygens (including phenoxy) is 2. The van der Waals surface area contributed by atoms with Gasteiger partial charge in [-0.15, -0.1) is 0 Å². The smallest absolute Gasteiger partial charge is 0.249 e. The Hall–Kier alpha value is -3.05. The fourth-order valence-electron chi connectivity index (χ4n) is 7.96. The molecule has 6 rings (SSSR count). The molecule has 1 aromatic carbocycles. The van der Waals surface area contributed by atoms with E-state index in [1.54, 1.807) is 14.7 Å². The zero-order valence-corrected chi connectivity index (χ0v) is 26.1. The standard InChI is InChI=1S/C34H46N4O6/c1-4-24(2)26(23-39)38-29-32(42)36(17-16-35-18-20-43-21-19-35)14-9-13-34(29)28(31(38)41)27-30(40)37(15-8-12-33(27,3)44-34)22-25-10-6-5-7-11-25/h5-13,24,26-29,39H,4,14-23H2,1-3H3/t24-,26-,27+,28-,29?,33-,34-/m0/s1. The second-order valence-corrected chi connectivity index (χ2v) is 13.1. The first-order chi connectivity index (χ1) is 21.2. The molecule has 3 saturated heterocycles. The highest BCUT2D eigenvalue weighted by atomic mass is 16.5. The van der Waals surface area contributed by atoms with Crippen molar-refractivity contribution in [2.24, 2.45) is 17.8 Å². The van der Waals surface area contributed by atoms with Gasteiger partial charge in [0.25, 0.3) is 0 Å². The fraction of sp³-hybridized carbons (Fsp3) is 0.618. The molecule has 44 heavy (non-hydrogen) atoms. The van der Waals surface area contributed by atoms with Crippen molar-refractivity contribution in [1.29, 1.82) is 0 Å². The molecule has 7 atom stereocenters. The van der Waals surface area contributed by atoms with Crippen molar-refractivity contribution in [1.82, 2.24) is 19.6 Å². The Morgan fingerprint density at radius 3 is 2.34 bits per heavy atom. The van der Waals surface area contributed by atoms with Gasteiger partial charge in [-0.1, -0.05) is 74.9 Å². The number of benzene rings is 1. The third kappa shape index (κ3) is 5.19. The molecule has 0 saturated carbocycles. The number of likely N-dealkylation sites (tertiary alicyclic amines) is 1. The molecule has 0 bridgehead atoms. The summed E-state index contributed by atoms with van der Waals surface area (Å²) in [6.45, 7) is 11.0. The van der Waals surface area contributed by atoms with E-state index in [0.29, 0.717) is 45.9 Å². The van der Waals surface area contributed by atoms with Gasteiger partial charge in [0.05, 0.1) is 43.3 Å². The predicted octanol–water partition coefficient (Wildman–Crippen LogP) is 1.69. The molecule has 5 heterocycles. The van der Waals surface area contributed by atoms with E-state index in [9.17, 15) is 19.5 Å². The van der Waals surface area contributed by atoms with Gasteiger partial charge in [-0.2, -0.15) is 0 Å². The van der Waals surface area contributed by atoms with Crippen LogP contribution in [0.4, 0.5) is 0 Å². The average Bonchev–Trinajstić information content (AvgIpc) is 3.31. The van der Waals surface area contributed by atoms with Crippen LogP contribution < -0.4 is 0 Å². The normalized spacial score (nSPS) is 33.6. The van der Waals surface area contributed by atoms with Crippen molar-refractivity contribution in [2.75, 3.05) is 59.1 Å². The highest BCUT2D eigenvalue weighted by Gasteiger charge is 2.75. The lowest BCUT2D eigenvalue weighted by Crippen LogP contribution is -2.60. The Morgan fingerprint density at radius 1 is 0.932 bits per heavy atom. The molecular weight excluding hydrogens is 560 g/mol. The predicted molar refractivity (Wildman–Crippen MR) is 164 cm³/mol. The van der Waals surface area contributed by atoms with Crippen LogP contribution in [0.2, 0.25) is 0 Å². The second-order valence-electron chi connectivity index (χ2n) is 13.1. The number of carbonyl (C=O) groups excluding carboxylic acids is 3. The van der Waals surface area contributed by atoms with E-state index in [4.69, 9.17) is 9.47 Å². The number of fused-ring (bicyclic) bond motifs is 2. The van der Waals surface area contributed by atoms with Gasteiger partial charge in [-0.3, -0.25) is 19.3 Å². The van der Waals surface area contributed by atoms with Crippen LogP contribution in [0, 0.1) is 17.8 Å². The zero-order chi connectivity index (χ0) is 31.1. The van der Waals surface area contributed by atoms with Gasteiger partial charge in [0.15, 0.2) is 0 Å². The van der Waals surface area contributed by atoms with Crippen molar-refractivity contribution in [3.8, 4) is 0 Å². The number of rotatable bonds is 9. The Labute approximate surface area is 260 Å². The monoisotopic (exact) mass is 606 g/mol. The molecule has 1 aromatic rings. The Morgan fingerprint density at radius 2 is 1.64 bits per heavy atom. The summed E-state index contributed by atoms with van der Waals surface area (Å²) in [5, 5.41) is 10.7. The van der Waals surface area contributed by atoms with Crippen LogP contribution in [0.3, 0.4) is 0 Å². The van der Waals surface area contributed by atoms with Gasteiger partial charge in [-0.05, 0) is 18.4 Å². The molecule has 3 fully saturated rings. The van der Waals surface area contributed by atoms with E-state index >= 15 is 0 Å². The summed E-state index contributed by atoms with van der Waals surface area (Å²) in [5.74, 6) is -2.43. The third-order valence-electron chi connectivity index (χ3n) is 10.5. The van der Waals surface area contributed by atoms with E-state index in [2.05, 4.69) is 4.90 Å². The molecule has 238 valence electrons. The lowest BCUT2D eigenvalue weighted by Gasteiger charge is -2.41. The van der Waals surface area contributed by atoms with E-state index < -0.39 is 35.1 Å². The first kappa shape index (κ1) is 31.0. The summed E-state index contributed by atoms with van der Waals surface area (Å²) in [4.78, 5) is 51.4. The molecule has 1 spiro atoms. The average molecular weight is 607 g/mol. The van der Waals surface area contributed by atoms with Crippen LogP contribution in [0.15, 0.2) is 54.6 Å². The van der Waals surface area contributed by atoms with Crippen LogP contribution >= 0.6 is 0 Å². The molecule has 5 aliphatic rings. The lowest BCUT2D eigenvalue weighted by atomic mass is 9.74. The van der Waals surface area contributed by atoms with Gasteiger partial charge < -0.3 is 29.3 Å². The van der Waals surface area contributed by atoms with E-state index in [0.717, 1.165) is 25.1 Å². The van der Waals surface area contributed by atoms with Gasteiger partial charge in [0, 0.05) is 45.8 Å². The highest BCUT2D eigenvalue weighted by Crippen LogP contribution is 2.58. The lowest BCUT2D eigenvalue weighted by molar-refractivity contribution is -0.157. The summed E-state index contributed by atoms with van der Waals surface area (Å²) in [6, 6.07) is 8.26. The summed E-state index contributed by atoms with van der Waals surface area (Å²) >= 11 is 0. The summed E-state index contributed by atoms with van der Waals surface area (Å²) in [7, 11) is 0. The molecular formula is C34H46N4O6. The molecule has 10 heteroatoms. The SMILES string of the molecule is CC[C@H](C)[C@H](CO)N1C(=O)[C@@H]2[C@@H]3C(=O)N(Cc4ccccc4)CC=C[C@]3(C)O[C@@]23C=CCN(CCN2CCOCC2)C(=O)C13. The molecule has 1 unspecified atom stereocenters. The summed E-state index contributed by atoms with van der Waals surface area (Å²) in [5.41, 5.74) is -1.41. The molecule has 3 amide bonds. The van der Waals surface area contributed by atoms with Crippen molar-refractivity contribution >= 4 is 17.7 Å². The number of amides is 3. The number of carbonyl (C=O) groups is 3. The molecule has 0 radical (unpaired) electrons. The fourth-order valence-corrected chi connectivity index (χ4v) is 7.96. The van der Waals surface area contributed by atoms with Crippen LogP contribution in [0.1, 0.15) is 32.8 Å². The molecule has 0 aliphatic carbocycles. The maximum Gasteiger partial charge on any atom is 0.249 e. The maximum atomic E-state index is 14.8. The van der Waals surface area contributed by atoms with Crippen molar-refractivity contribution in [2.45, 2.75) is 57.0 Å². The summed E-state index contributed by atoms with van der Waals surface area (Å²) < 4.78 is 12.5. The Kier molecular flexibility index (Phi) is 8.71. The van der Waals surface area contributed by atoms with Crippen LogP contribution in [0.5, 0.6) is 0 Å². The minimum Gasteiger partial charge on any atom is -0.394 e. The zero-order valence-electron chi connectivity index (χ0n) is 26.1. The highest BCUT2D eigenvalue weighted by molar-refractivity contribution is 6.00. The van der Waals surface area contributed by atoms with E-state index in [1.165, 1.54) is 0 Å². The minimum atomic E-state index is -1.34. The van der Waals surface area contributed by atoms with Gasteiger partial charge in [0.1, 0.15) is 11.6 Å². The Bertz CT molecular complexity index is 1300. The van der Waals surface area contributed by atoms with Gasteiger partial charge in [-0.25, -0.2) is 0 Å². The van der Waals surface area contributed by atoms with Crippen LogP contribution in [-0.4, -0.2) is 125 Å². The van der Waals surface area contributed by atoms with Crippen molar-refractivity contribution in [3.05, 3.63) is 60.2 Å². The molecule has 1 N–H and O–H groups in total. The van der Waals surface area contributed by atoms with Gasteiger partial charge >= 0.3 is 0 Å². The van der Waals surface area contributed by atoms with Crippen LogP contribution in [0.25, 0.3) is 0 Å². The first-order valence-electron chi connectivity index (χ1n) is 16.1. The van der Waals surface area contributed by atoms with Gasteiger partial charge in [0.2, 0.25) is 17.7 Å². The van der Waals surface area contributed by atoms with E-state index in [1.807, 2.05) is 75.4 Å². The number of morpholine rings is 1. The third-order valence-corrected chi connectivity index (χ3v) is 10.5. The summed E-state index contributed by atoms with van der Waals surface area (Å²) in [6.07, 6.45) is 8.41. The van der Waals surface area contributed by atoms with Crippen molar-refractivity contribution in [3.63, 3.8) is 0 Å². The van der Waals surface area contributed by atoms with Crippen LogP contribution in [-0.2, 0) is 30.4 Å². The second kappa shape index (κ2) is 12.4. The number of nitrogens with zero attached hydrogens (tertiary/aromatic N) is 4. The minimum absolute atomic E-state index is 0.0626. The van der Waals surface area contributed by atoms with E-state index in [-0.39, 0.29) is 30.2 Å². The number of aliphatic hydroxyl groups excluding tert-OH is 1. The topological polar surface area (TPSA) is 103 Å². The molecule has 5 aliphatic heterocycles. The van der Waals surface area contributed by atoms with Crippen molar-refractivity contribution < 1.29 is 29.0 Å². The number of hydrogen-bond donors (Lipinski definition) is 1. The first-order valence-corrected chi connectivity index (χ1v) is 16.1.